The van der Waals surface area contributed by atoms with E-state index in [9.17, 15) is 4.79 Å². The van der Waals surface area contributed by atoms with Crippen LogP contribution in [0.2, 0.25) is 5.02 Å². The predicted molar refractivity (Wildman–Crippen MR) is 107 cm³/mol. The normalized spacial score (nSPS) is 19.6. The molecule has 0 saturated carbocycles. The van der Waals surface area contributed by atoms with Gasteiger partial charge in [0.05, 0.1) is 24.8 Å². The van der Waals surface area contributed by atoms with E-state index in [2.05, 4.69) is 17.9 Å². The lowest BCUT2D eigenvalue weighted by atomic mass is 9.99. The Balaban J connectivity index is 1.49. The summed E-state index contributed by atoms with van der Waals surface area (Å²) in [6.45, 7) is 5.61. The van der Waals surface area contributed by atoms with Crippen molar-refractivity contribution in [3.63, 3.8) is 0 Å². The molecule has 0 aromatic heterocycles. The van der Waals surface area contributed by atoms with Crippen LogP contribution in [0.5, 0.6) is 5.75 Å². The quantitative estimate of drug-likeness (QED) is 0.722. The zero-order valence-corrected chi connectivity index (χ0v) is 16.3. The molecule has 0 N–H and O–H groups in total. The van der Waals surface area contributed by atoms with Gasteiger partial charge in [0.2, 0.25) is 0 Å². The molecule has 4 nitrogen and oxygen atoms in total. The van der Waals surface area contributed by atoms with Crippen molar-refractivity contribution >= 4 is 17.4 Å². The maximum atomic E-state index is 12.5. The number of nitrogens with zero attached hydrogens (tertiary/aromatic N) is 1. The van der Waals surface area contributed by atoms with E-state index in [1.807, 2.05) is 30.3 Å². The second-order valence-electron chi connectivity index (χ2n) is 7.19. The SMILES string of the molecule is CCC1Cc2cc(-c3ccc(C(=O)CN4CCOCC4)cc3)cc(Cl)c2O1. The predicted octanol–water partition coefficient (Wildman–Crippen LogP) is 4.24. The van der Waals surface area contributed by atoms with Crippen LogP contribution in [0.25, 0.3) is 11.1 Å². The summed E-state index contributed by atoms with van der Waals surface area (Å²) >= 11 is 6.44. The molecule has 142 valence electrons. The van der Waals surface area contributed by atoms with E-state index < -0.39 is 0 Å². The van der Waals surface area contributed by atoms with E-state index in [4.69, 9.17) is 21.1 Å². The summed E-state index contributed by atoms with van der Waals surface area (Å²) in [5.41, 5.74) is 4.03. The Morgan fingerprint density at radius 2 is 1.89 bits per heavy atom. The number of carbonyl (C=O) groups is 1. The highest BCUT2D eigenvalue weighted by Crippen LogP contribution is 2.40. The lowest BCUT2D eigenvalue weighted by Crippen LogP contribution is -2.39. The lowest BCUT2D eigenvalue weighted by Gasteiger charge is -2.25. The fraction of sp³-hybridized carbons (Fsp3) is 0.409. The fourth-order valence-electron chi connectivity index (χ4n) is 3.68. The molecule has 2 aliphatic rings. The molecule has 1 fully saturated rings. The van der Waals surface area contributed by atoms with Gasteiger partial charge in [0.25, 0.3) is 0 Å². The number of hydrogen-bond acceptors (Lipinski definition) is 4. The molecular formula is C22H24ClNO3. The molecule has 1 saturated heterocycles. The van der Waals surface area contributed by atoms with E-state index >= 15 is 0 Å². The summed E-state index contributed by atoms with van der Waals surface area (Å²) < 4.78 is 11.2. The Hall–Kier alpha value is -1.88. The zero-order valence-electron chi connectivity index (χ0n) is 15.5. The number of morpholine rings is 1. The maximum absolute atomic E-state index is 12.5. The molecule has 0 radical (unpaired) electrons. The van der Waals surface area contributed by atoms with Crippen molar-refractivity contribution in [1.29, 1.82) is 0 Å². The third-order valence-electron chi connectivity index (χ3n) is 5.32. The average molecular weight is 386 g/mol. The van der Waals surface area contributed by atoms with Gasteiger partial charge in [-0.05, 0) is 35.2 Å². The van der Waals surface area contributed by atoms with Gasteiger partial charge in [-0.3, -0.25) is 9.69 Å². The van der Waals surface area contributed by atoms with Gasteiger partial charge in [0, 0.05) is 25.1 Å². The molecule has 27 heavy (non-hydrogen) atoms. The number of Topliss-reactive ketones (excluding diaryl/α,β-unsaturated/α-hetero) is 1. The van der Waals surface area contributed by atoms with Crippen molar-refractivity contribution in [2.75, 3.05) is 32.8 Å². The highest BCUT2D eigenvalue weighted by molar-refractivity contribution is 6.32. The Bertz CT molecular complexity index is 828. The minimum atomic E-state index is 0.148. The van der Waals surface area contributed by atoms with E-state index in [1.54, 1.807) is 0 Å². The Morgan fingerprint density at radius 3 is 2.59 bits per heavy atom. The number of fused-ring (bicyclic) bond motifs is 1. The van der Waals surface area contributed by atoms with Crippen LogP contribution in [0.3, 0.4) is 0 Å². The molecule has 2 aliphatic heterocycles. The topological polar surface area (TPSA) is 38.8 Å². The van der Waals surface area contributed by atoms with Crippen LogP contribution in [0.15, 0.2) is 36.4 Å². The maximum Gasteiger partial charge on any atom is 0.176 e. The smallest absolute Gasteiger partial charge is 0.176 e. The number of ether oxygens (including phenoxy) is 2. The summed E-state index contributed by atoms with van der Waals surface area (Å²) in [5.74, 6) is 0.971. The number of halogens is 1. The Morgan fingerprint density at radius 1 is 1.15 bits per heavy atom. The van der Waals surface area contributed by atoms with Gasteiger partial charge >= 0.3 is 0 Å². The van der Waals surface area contributed by atoms with Crippen molar-refractivity contribution in [2.24, 2.45) is 0 Å². The van der Waals surface area contributed by atoms with E-state index in [-0.39, 0.29) is 11.9 Å². The molecule has 1 unspecified atom stereocenters. The van der Waals surface area contributed by atoms with Crippen LogP contribution in [-0.2, 0) is 11.2 Å². The van der Waals surface area contributed by atoms with Gasteiger partial charge in [0.1, 0.15) is 11.9 Å². The summed E-state index contributed by atoms with van der Waals surface area (Å²) in [6, 6.07) is 11.9. The summed E-state index contributed by atoms with van der Waals surface area (Å²) in [7, 11) is 0. The summed E-state index contributed by atoms with van der Waals surface area (Å²) in [6.07, 6.45) is 2.09. The third kappa shape index (κ3) is 4.03. The number of benzene rings is 2. The second kappa shape index (κ2) is 8.01. The fourth-order valence-corrected chi connectivity index (χ4v) is 3.97. The van der Waals surface area contributed by atoms with Gasteiger partial charge in [-0.1, -0.05) is 42.8 Å². The van der Waals surface area contributed by atoms with E-state index in [0.717, 1.165) is 53.9 Å². The van der Waals surface area contributed by atoms with Crippen molar-refractivity contribution in [2.45, 2.75) is 25.9 Å². The van der Waals surface area contributed by atoms with Gasteiger partial charge < -0.3 is 9.47 Å². The van der Waals surface area contributed by atoms with Crippen LogP contribution in [0.4, 0.5) is 0 Å². The summed E-state index contributed by atoms with van der Waals surface area (Å²) in [5, 5.41) is 0.658. The van der Waals surface area contributed by atoms with Crippen LogP contribution >= 0.6 is 11.6 Å². The Kier molecular flexibility index (Phi) is 5.48. The first kappa shape index (κ1) is 18.5. The monoisotopic (exact) mass is 385 g/mol. The molecule has 0 spiro atoms. The van der Waals surface area contributed by atoms with Crippen molar-refractivity contribution in [3.05, 3.63) is 52.5 Å². The van der Waals surface area contributed by atoms with Crippen molar-refractivity contribution < 1.29 is 14.3 Å². The largest absolute Gasteiger partial charge is 0.488 e. The Labute approximate surface area is 165 Å². The van der Waals surface area contributed by atoms with Gasteiger partial charge in [0.15, 0.2) is 5.78 Å². The first-order chi connectivity index (χ1) is 13.1. The van der Waals surface area contributed by atoms with Crippen LogP contribution in [-0.4, -0.2) is 49.6 Å². The van der Waals surface area contributed by atoms with E-state index in [0.29, 0.717) is 24.8 Å². The van der Waals surface area contributed by atoms with Crippen LogP contribution < -0.4 is 4.74 Å². The molecular weight excluding hydrogens is 362 g/mol. The second-order valence-corrected chi connectivity index (χ2v) is 7.59. The summed E-state index contributed by atoms with van der Waals surface area (Å²) in [4.78, 5) is 14.7. The minimum absolute atomic E-state index is 0.148. The molecule has 2 heterocycles. The molecule has 0 bridgehead atoms. The van der Waals surface area contributed by atoms with Gasteiger partial charge in [-0.25, -0.2) is 0 Å². The van der Waals surface area contributed by atoms with Crippen LogP contribution in [0.1, 0.15) is 29.3 Å². The number of ketones is 1. The van der Waals surface area contributed by atoms with Crippen molar-refractivity contribution in [3.8, 4) is 16.9 Å². The molecule has 0 aliphatic carbocycles. The lowest BCUT2D eigenvalue weighted by molar-refractivity contribution is 0.0371. The number of carbonyl (C=O) groups excluding carboxylic acids is 1. The molecule has 2 aromatic carbocycles. The van der Waals surface area contributed by atoms with E-state index in [1.165, 1.54) is 0 Å². The zero-order chi connectivity index (χ0) is 18.8. The molecule has 1 atom stereocenters. The molecule has 5 heteroatoms. The molecule has 4 rings (SSSR count). The standard InChI is InChI=1S/C22H24ClNO3/c1-2-19-12-18-11-17(13-20(23)22(18)27-19)15-3-5-16(6-4-15)21(25)14-24-7-9-26-10-8-24/h3-6,11,13,19H,2,7-10,12,14H2,1H3. The third-order valence-corrected chi connectivity index (χ3v) is 5.60. The first-order valence-electron chi connectivity index (χ1n) is 9.57. The number of hydrogen-bond donors (Lipinski definition) is 0. The van der Waals surface area contributed by atoms with Gasteiger partial charge in [-0.2, -0.15) is 0 Å². The van der Waals surface area contributed by atoms with Gasteiger partial charge in [-0.15, -0.1) is 0 Å². The average Bonchev–Trinajstić information content (AvgIpc) is 3.13. The van der Waals surface area contributed by atoms with Crippen LogP contribution in [0, 0.1) is 0 Å². The molecule has 2 aromatic rings. The highest BCUT2D eigenvalue weighted by atomic mass is 35.5. The number of rotatable bonds is 5. The van der Waals surface area contributed by atoms with Crippen molar-refractivity contribution in [1.82, 2.24) is 4.90 Å². The highest BCUT2D eigenvalue weighted by Gasteiger charge is 2.24. The molecule has 0 amide bonds. The minimum Gasteiger partial charge on any atom is -0.488 e. The first-order valence-corrected chi connectivity index (χ1v) is 9.94.